The van der Waals surface area contributed by atoms with Gasteiger partial charge in [0.05, 0.1) is 0 Å². The summed E-state index contributed by atoms with van der Waals surface area (Å²) in [6, 6.07) is 0. The lowest BCUT2D eigenvalue weighted by molar-refractivity contribution is -0.462. The minimum absolute atomic E-state index is 0.280. The summed E-state index contributed by atoms with van der Waals surface area (Å²) >= 11 is 0.560. The van der Waals surface area contributed by atoms with E-state index in [1.165, 1.54) is 0 Å². The van der Waals surface area contributed by atoms with Crippen LogP contribution < -0.4 is 0 Å². The van der Waals surface area contributed by atoms with Crippen molar-refractivity contribution < 1.29 is 87.8 Å². The van der Waals surface area contributed by atoms with Gasteiger partial charge in [-0.25, -0.2) is 0 Å². The molecule has 0 atom stereocenters. The summed E-state index contributed by atoms with van der Waals surface area (Å²) in [7, 11) is 0. The SMILES string of the molecule is FC(F)(Br)C(F)(F)C(F)(F)C(F)(F)C(F)(F)C(F)(F)C(F)(F)C(F)(F)C(F)(F)C(F)(F)Br. The van der Waals surface area contributed by atoms with Crippen LogP contribution in [0.15, 0.2) is 0 Å². The van der Waals surface area contributed by atoms with Gasteiger partial charge in [0.1, 0.15) is 0 Å². The van der Waals surface area contributed by atoms with Crippen molar-refractivity contribution in [1.29, 1.82) is 0 Å². The van der Waals surface area contributed by atoms with Gasteiger partial charge in [-0.3, -0.25) is 0 Å². The lowest BCUT2D eigenvalue weighted by Gasteiger charge is -2.44. The highest BCUT2D eigenvalue weighted by atomic mass is 79.9. The molecule has 0 saturated carbocycles. The maximum Gasteiger partial charge on any atom is 0.388 e. The summed E-state index contributed by atoms with van der Waals surface area (Å²) in [5, 5.41) is 0. The van der Waals surface area contributed by atoms with E-state index in [2.05, 4.69) is 0 Å². The standard InChI is InChI=1S/C10Br2F20/c11-9(29,30)7(25,26)5(21,22)3(17,18)1(13,14)2(15,16)4(19,20)6(23,24)8(27,28)10(12,31)32. The molecule has 0 unspecified atom stereocenters. The maximum atomic E-state index is 13.3. The van der Waals surface area contributed by atoms with Crippen molar-refractivity contribution in [2.75, 3.05) is 0 Å². The Labute approximate surface area is 177 Å². The maximum absolute atomic E-state index is 13.3. The summed E-state index contributed by atoms with van der Waals surface area (Å²) in [5.74, 6) is -68.3. The van der Waals surface area contributed by atoms with Crippen molar-refractivity contribution in [3.63, 3.8) is 0 Å². The van der Waals surface area contributed by atoms with Crippen molar-refractivity contribution in [3.8, 4) is 0 Å². The fraction of sp³-hybridized carbons (Fsp3) is 1.00. The van der Waals surface area contributed by atoms with E-state index in [0.29, 0.717) is 0 Å². The van der Waals surface area contributed by atoms with Crippen LogP contribution in [-0.4, -0.2) is 57.0 Å². The Bertz CT molecular complexity index is 636. The van der Waals surface area contributed by atoms with Crippen LogP contribution in [0, 0.1) is 0 Å². The molecule has 0 rings (SSSR count). The zero-order valence-corrected chi connectivity index (χ0v) is 16.5. The Hall–Kier alpha value is -0.440. The summed E-state index contributed by atoms with van der Waals surface area (Å²) in [6.07, 6.45) is 0. The number of alkyl halides is 22. The molecule has 0 spiro atoms. The second-order valence-corrected chi connectivity index (χ2v) is 7.58. The Kier molecular flexibility index (Phi) is 7.42. The van der Waals surface area contributed by atoms with Crippen LogP contribution >= 0.6 is 31.9 Å². The molecular formula is C10Br2F20. The summed E-state index contributed by atoms with van der Waals surface area (Å²) in [6.45, 7) is 0. The number of rotatable bonds is 9. The van der Waals surface area contributed by atoms with Gasteiger partial charge in [-0.05, 0) is 31.9 Å². The molecule has 32 heavy (non-hydrogen) atoms. The van der Waals surface area contributed by atoms with E-state index >= 15 is 0 Å². The minimum atomic E-state index is -8.99. The summed E-state index contributed by atoms with van der Waals surface area (Å²) < 4.78 is 259. The Morgan fingerprint density at radius 3 is 0.406 bits per heavy atom. The van der Waals surface area contributed by atoms with Gasteiger partial charge < -0.3 is 0 Å². The monoisotopic (exact) mass is 658 g/mol. The van der Waals surface area contributed by atoms with Crippen LogP contribution in [0.2, 0.25) is 0 Å². The molecule has 0 bridgehead atoms. The molecule has 0 heterocycles. The van der Waals surface area contributed by atoms with Crippen LogP contribution in [0.1, 0.15) is 0 Å². The predicted octanol–water partition coefficient (Wildman–Crippen LogP) is 8.04. The Morgan fingerprint density at radius 1 is 0.219 bits per heavy atom. The van der Waals surface area contributed by atoms with E-state index in [0.717, 1.165) is 0 Å². The molecule has 0 saturated heterocycles. The van der Waals surface area contributed by atoms with Crippen molar-refractivity contribution in [2.24, 2.45) is 0 Å². The molecule has 22 heteroatoms. The average molecular weight is 660 g/mol. The van der Waals surface area contributed by atoms with E-state index in [9.17, 15) is 87.8 Å². The first-order chi connectivity index (χ1) is 13.2. The van der Waals surface area contributed by atoms with Gasteiger partial charge >= 0.3 is 57.0 Å². The van der Waals surface area contributed by atoms with E-state index in [1.807, 2.05) is 0 Å². The lowest BCUT2D eigenvalue weighted by atomic mass is 9.87. The molecule has 0 amide bonds. The van der Waals surface area contributed by atoms with Crippen molar-refractivity contribution in [2.45, 2.75) is 57.0 Å². The molecule has 0 nitrogen and oxygen atoms in total. The molecular weight excluding hydrogens is 660 g/mol. The van der Waals surface area contributed by atoms with E-state index in [1.54, 1.807) is 0 Å². The lowest BCUT2D eigenvalue weighted by Crippen LogP contribution is -2.76. The zero-order chi connectivity index (χ0) is 27.0. The molecule has 0 aliphatic heterocycles. The molecule has 0 aromatic carbocycles. The highest BCUT2D eigenvalue weighted by molar-refractivity contribution is 9.10. The van der Waals surface area contributed by atoms with Gasteiger partial charge in [0.2, 0.25) is 0 Å². The fourth-order valence-corrected chi connectivity index (χ4v) is 2.04. The molecule has 0 aliphatic rings. The number of halogens is 22. The van der Waals surface area contributed by atoms with Gasteiger partial charge in [-0.1, -0.05) is 0 Å². The van der Waals surface area contributed by atoms with Crippen LogP contribution in [0.3, 0.4) is 0 Å². The molecule has 194 valence electrons. The smallest absolute Gasteiger partial charge is 0.192 e. The predicted molar refractivity (Wildman–Crippen MR) is 67.3 cm³/mol. The number of hydrogen-bond donors (Lipinski definition) is 0. The average Bonchev–Trinajstić information content (AvgIpc) is 2.51. The van der Waals surface area contributed by atoms with E-state index in [4.69, 9.17) is 0 Å². The summed E-state index contributed by atoms with van der Waals surface area (Å²) in [5.41, 5.74) is 0. The van der Waals surface area contributed by atoms with Crippen LogP contribution in [0.5, 0.6) is 0 Å². The Morgan fingerprint density at radius 2 is 0.312 bits per heavy atom. The third-order valence-corrected chi connectivity index (χ3v) is 4.47. The van der Waals surface area contributed by atoms with Crippen LogP contribution in [-0.2, 0) is 0 Å². The largest absolute Gasteiger partial charge is 0.388 e. The van der Waals surface area contributed by atoms with Gasteiger partial charge in [0.25, 0.3) is 0 Å². The van der Waals surface area contributed by atoms with Gasteiger partial charge in [-0.15, -0.1) is 0 Å². The van der Waals surface area contributed by atoms with Crippen LogP contribution in [0.25, 0.3) is 0 Å². The summed E-state index contributed by atoms with van der Waals surface area (Å²) in [4.78, 5) is -13.3. The molecule has 0 fully saturated rings. The highest BCUT2D eigenvalue weighted by Crippen LogP contribution is 2.66. The first-order valence-electron chi connectivity index (χ1n) is 6.41. The normalized spacial score (nSPS) is 17.1. The van der Waals surface area contributed by atoms with E-state index in [-0.39, 0.29) is 31.9 Å². The molecule has 0 aromatic rings. The molecule has 0 radical (unpaired) electrons. The van der Waals surface area contributed by atoms with Gasteiger partial charge in [0, 0.05) is 0 Å². The van der Waals surface area contributed by atoms with Gasteiger partial charge in [-0.2, -0.15) is 87.8 Å². The van der Waals surface area contributed by atoms with Crippen molar-refractivity contribution in [1.82, 2.24) is 0 Å². The fourth-order valence-electron chi connectivity index (χ4n) is 1.54. The quantitative estimate of drug-likeness (QED) is 0.174. The van der Waals surface area contributed by atoms with Gasteiger partial charge in [0.15, 0.2) is 0 Å². The molecule has 0 aromatic heterocycles. The third kappa shape index (κ3) is 3.72. The van der Waals surface area contributed by atoms with Crippen molar-refractivity contribution >= 4 is 31.9 Å². The second kappa shape index (κ2) is 7.53. The minimum Gasteiger partial charge on any atom is -0.192 e. The first-order valence-corrected chi connectivity index (χ1v) is 7.99. The van der Waals surface area contributed by atoms with Crippen LogP contribution in [0.4, 0.5) is 87.8 Å². The van der Waals surface area contributed by atoms with Crippen molar-refractivity contribution in [3.05, 3.63) is 0 Å². The third-order valence-electron chi connectivity index (χ3n) is 3.47. The second-order valence-electron chi connectivity index (χ2n) is 5.59. The molecule has 0 N–H and O–H groups in total. The zero-order valence-electron chi connectivity index (χ0n) is 13.3. The Balaban J connectivity index is 7.00. The highest BCUT2D eigenvalue weighted by Gasteiger charge is 2.97. The van der Waals surface area contributed by atoms with E-state index < -0.39 is 57.0 Å². The first kappa shape index (κ1) is 31.6. The molecule has 0 aliphatic carbocycles. The number of hydrogen-bond acceptors (Lipinski definition) is 0. The topological polar surface area (TPSA) is 0 Å².